The highest BCUT2D eigenvalue weighted by Gasteiger charge is 2.29. The molecule has 0 aromatic carbocycles. The Bertz CT molecular complexity index is 243. The molecule has 1 aromatic rings. The monoisotopic (exact) mass is 237 g/mol. The smallest absolute Gasteiger partial charge is 0.0490 e. The van der Waals surface area contributed by atoms with Crippen molar-refractivity contribution in [2.45, 2.75) is 25.2 Å². The summed E-state index contributed by atoms with van der Waals surface area (Å²) in [5, 5.41) is 10.4. The molecule has 0 saturated carbocycles. The quantitative estimate of drug-likeness (QED) is 0.784. The van der Waals surface area contributed by atoms with Crippen LogP contribution in [0, 0.1) is 0 Å². The summed E-state index contributed by atoms with van der Waals surface area (Å²) in [6.07, 6.45) is 4.24. The van der Waals surface area contributed by atoms with Gasteiger partial charge in [0.1, 0.15) is 0 Å². The topological polar surface area (TPSA) is 40.7 Å². The van der Waals surface area contributed by atoms with E-state index in [1.807, 2.05) is 6.20 Å². The summed E-state index contributed by atoms with van der Waals surface area (Å²) >= 11 is 0. The van der Waals surface area contributed by atoms with E-state index in [2.05, 4.69) is 28.5 Å². The molecule has 0 radical (unpaired) electrons. The number of rotatable bonds is 1. The molecule has 0 bridgehead atoms. The molecule has 5 heteroatoms. The largest absolute Gasteiger partial charge is 0.317 e. The fourth-order valence-electron chi connectivity index (χ4n) is 1.84. The van der Waals surface area contributed by atoms with E-state index in [9.17, 15) is 0 Å². The minimum Gasteiger partial charge on any atom is -0.317 e. The van der Waals surface area contributed by atoms with Crippen LogP contribution >= 0.6 is 24.8 Å². The Morgan fingerprint density at radius 1 is 1.29 bits per heavy atom. The van der Waals surface area contributed by atoms with Crippen molar-refractivity contribution in [2.24, 2.45) is 0 Å². The zero-order valence-electron chi connectivity index (χ0n) is 8.25. The molecule has 0 aliphatic carbocycles. The zero-order valence-corrected chi connectivity index (χ0v) is 9.88. The molecule has 0 atom stereocenters. The SMILES string of the molecule is CC1(c2ccn[nH]2)CCNCC1.Cl.Cl. The summed E-state index contributed by atoms with van der Waals surface area (Å²) in [5.74, 6) is 0. The molecule has 1 saturated heterocycles. The second-order valence-electron chi connectivity index (χ2n) is 3.78. The van der Waals surface area contributed by atoms with Gasteiger partial charge >= 0.3 is 0 Å². The predicted octanol–water partition coefficient (Wildman–Crippen LogP) is 1.89. The Morgan fingerprint density at radius 3 is 2.43 bits per heavy atom. The highest BCUT2D eigenvalue weighted by atomic mass is 35.5. The van der Waals surface area contributed by atoms with Crippen molar-refractivity contribution < 1.29 is 0 Å². The van der Waals surface area contributed by atoms with Crippen LogP contribution in [0.25, 0.3) is 0 Å². The normalized spacial score (nSPS) is 19.2. The van der Waals surface area contributed by atoms with Crippen LogP contribution in [0.15, 0.2) is 12.3 Å². The average Bonchev–Trinajstić information content (AvgIpc) is 2.58. The number of piperidine rings is 1. The summed E-state index contributed by atoms with van der Waals surface area (Å²) in [6, 6.07) is 2.09. The van der Waals surface area contributed by atoms with Gasteiger partial charge in [0.05, 0.1) is 0 Å². The standard InChI is InChI=1S/C9H15N3.2ClH/c1-9(3-6-10-7-4-9)8-2-5-11-12-8;;/h2,5,10H,3-4,6-7H2,1H3,(H,11,12);2*1H. The van der Waals surface area contributed by atoms with Crippen molar-refractivity contribution in [2.75, 3.05) is 13.1 Å². The lowest BCUT2D eigenvalue weighted by Crippen LogP contribution is -2.37. The summed E-state index contributed by atoms with van der Waals surface area (Å²) in [4.78, 5) is 0. The summed E-state index contributed by atoms with van der Waals surface area (Å²) in [7, 11) is 0. The minimum absolute atomic E-state index is 0. The molecule has 0 unspecified atom stereocenters. The molecule has 82 valence electrons. The number of hydrogen-bond acceptors (Lipinski definition) is 2. The van der Waals surface area contributed by atoms with Crippen molar-refractivity contribution in [3.8, 4) is 0 Å². The van der Waals surface area contributed by atoms with E-state index in [0.29, 0.717) is 5.41 Å². The molecular weight excluding hydrogens is 221 g/mol. The van der Waals surface area contributed by atoms with Gasteiger partial charge in [-0.3, -0.25) is 5.10 Å². The van der Waals surface area contributed by atoms with Gasteiger partial charge in [0, 0.05) is 17.3 Å². The Balaban J connectivity index is 0.000000845. The summed E-state index contributed by atoms with van der Waals surface area (Å²) in [5.41, 5.74) is 1.60. The lowest BCUT2D eigenvalue weighted by atomic mass is 9.78. The van der Waals surface area contributed by atoms with E-state index in [4.69, 9.17) is 0 Å². The van der Waals surface area contributed by atoms with Crippen molar-refractivity contribution in [1.29, 1.82) is 0 Å². The second kappa shape index (κ2) is 5.59. The first-order valence-corrected chi connectivity index (χ1v) is 4.52. The molecule has 1 aliphatic heterocycles. The molecule has 0 amide bonds. The maximum atomic E-state index is 4.00. The number of nitrogens with zero attached hydrogens (tertiary/aromatic N) is 1. The lowest BCUT2D eigenvalue weighted by Gasteiger charge is -2.32. The molecule has 1 fully saturated rings. The molecule has 2 heterocycles. The number of halogens is 2. The molecule has 2 N–H and O–H groups in total. The molecule has 2 rings (SSSR count). The first-order chi connectivity index (χ1) is 5.81. The van der Waals surface area contributed by atoms with Crippen LogP contribution in [0.3, 0.4) is 0 Å². The first kappa shape index (κ1) is 13.8. The van der Waals surface area contributed by atoms with Crippen molar-refractivity contribution in [3.05, 3.63) is 18.0 Å². The number of aromatic nitrogens is 2. The van der Waals surface area contributed by atoms with Crippen molar-refractivity contribution in [3.63, 3.8) is 0 Å². The number of hydrogen-bond donors (Lipinski definition) is 2. The maximum absolute atomic E-state index is 4.00. The van der Waals surface area contributed by atoms with Crippen LogP contribution in [0.5, 0.6) is 0 Å². The van der Waals surface area contributed by atoms with Crippen LogP contribution in [0.1, 0.15) is 25.5 Å². The Hall–Kier alpha value is -0.250. The van der Waals surface area contributed by atoms with E-state index >= 15 is 0 Å². The van der Waals surface area contributed by atoms with Crippen molar-refractivity contribution >= 4 is 24.8 Å². The number of H-pyrrole nitrogens is 1. The minimum atomic E-state index is 0. The third-order valence-corrected chi connectivity index (χ3v) is 2.86. The van der Waals surface area contributed by atoms with E-state index in [1.54, 1.807) is 0 Å². The highest BCUT2D eigenvalue weighted by Crippen LogP contribution is 2.30. The molecular formula is C9H17Cl2N3. The average molecular weight is 238 g/mol. The molecule has 1 aliphatic rings. The third-order valence-electron chi connectivity index (χ3n) is 2.86. The Kier molecular flexibility index (Phi) is 5.49. The van der Waals surface area contributed by atoms with Crippen LogP contribution in [-0.2, 0) is 5.41 Å². The molecule has 3 nitrogen and oxygen atoms in total. The Morgan fingerprint density at radius 2 is 1.93 bits per heavy atom. The van der Waals surface area contributed by atoms with E-state index < -0.39 is 0 Å². The van der Waals surface area contributed by atoms with Gasteiger partial charge in [-0.1, -0.05) is 6.92 Å². The van der Waals surface area contributed by atoms with Gasteiger partial charge < -0.3 is 5.32 Å². The lowest BCUT2D eigenvalue weighted by molar-refractivity contribution is 0.327. The van der Waals surface area contributed by atoms with Crippen LogP contribution < -0.4 is 5.32 Å². The van der Waals surface area contributed by atoms with Crippen LogP contribution in [-0.4, -0.2) is 23.3 Å². The van der Waals surface area contributed by atoms with Gasteiger partial charge in [-0.15, -0.1) is 24.8 Å². The number of nitrogens with one attached hydrogen (secondary N) is 2. The van der Waals surface area contributed by atoms with Crippen LogP contribution in [0.2, 0.25) is 0 Å². The van der Waals surface area contributed by atoms with Gasteiger partial charge in [-0.2, -0.15) is 5.10 Å². The highest BCUT2D eigenvalue weighted by molar-refractivity contribution is 5.85. The second-order valence-corrected chi connectivity index (χ2v) is 3.78. The van der Waals surface area contributed by atoms with Crippen molar-refractivity contribution in [1.82, 2.24) is 15.5 Å². The molecule has 0 spiro atoms. The summed E-state index contributed by atoms with van der Waals surface area (Å²) in [6.45, 7) is 4.55. The van der Waals surface area contributed by atoms with Gasteiger partial charge in [0.15, 0.2) is 0 Å². The van der Waals surface area contributed by atoms with E-state index in [0.717, 1.165) is 13.1 Å². The fraction of sp³-hybridized carbons (Fsp3) is 0.667. The van der Waals surface area contributed by atoms with Gasteiger partial charge in [0.25, 0.3) is 0 Å². The number of aromatic amines is 1. The third kappa shape index (κ3) is 2.62. The van der Waals surface area contributed by atoms with E-state index in [1.165, 1.54) is 18.5 Å². The summed E-state index contributed by atoms with van der Waals surface area (Å²) < 4.78 is 0. The van der Waals surface area contributed by atoms with Gasteiger partial charge in [0.2, 0.25) is 0 Å². The van der Waals surface area contributed by atoms with Gasteiger partial charge in [-0.05, 0) is 32.0 Å². The van der Waals surface area contributed by atoms with Crippen LogP contribution in [0.4, 0.5) is 0 Å². The van der Waals surface area contributed by atoms with E-state index in [-0.39, 0.29) is 24.8 Å². The Labute approximate surface area is 96.9 Å². The fourth-order valence-corrected chi connectivity index (χ4v) is 1.84. The predicted molar refractivity (Wildman–Crippen MR) is 62.5 cm³/mol. The molecule has 14 heavy (non-hydrogen) atoms. The maximum Gasteiger partial charge on any atom is 0.0490 e. The van der Waals surface area contributed by atoms with Gasteiger partial charge in [-0.25, -0.2) is 0 Å². The zero-order chi connectivity index (χ0) is 8.44. The molecule has 1 aromatic heterocycles. The first-order valence-electron chi connectivity index (χ1n) is 4.52.